The van der Waals surface area contributed by atoms with Crippen LogP contribution in [-0.2, 0) is 6.61 Å². The number of hydrogen-bond donors (Lipinski definition) is 3. The van der Waals surface area contributed by atoms with Gasteiger partial charge >= 0.3 is 0 Å². The van der Waals surface area contributed by atoms with Crippen molar-refractivity contribution < 1.29 is 18.7 Å². The fourth-order valence-electron chi connectivity index (χ4n) is 4.03. The lowest BCUT2D eigenvalue weighted by Gasteiger charge is -2.36. The molecule has 0 saturated carbocycles. The number of nitrogen functional groups attached to an aromatic ring is 1. The van der Waals surface area contributed by atoms with Gasteiger partial charge in [-0.3, -0.25) is 9.59 Å². The van der Waals surface area contributed by atoms with Crippen LogP contribution in [0.15, 0.2) is 42.5 Å². The number of aromatic nitrogens is 2. The molecule has 4 N–H and O–H groups in total. The van der Waals surface area contributed by atoms with Gasteiger partial charge in [-0.25, -0.2) is 4.39 Å². The van der Waals surface area contributed by atoms with E-state index < -0.39 is 11.7 Å². The summed E-state index contributed by atoms with van der Waals surface area (Å²) in [6.07, 6.45) is 0. The first-order chi connectivity index (χ1) is 17.6. The van der Waals surface area contributed by atoms with Crippen LogP contribution in [0.1, 0.15) is 40.3 Å². The molecule has 4 rings (SSSR count). The maximum absolute atomic E-state index is 13.8. The summed E-state index contributed by atoms with van der Waals surface area (Å²) in [4.78, 5) is 27.4. The normalized spacial score (nSPS) is 17.4. The summed E-state index contributed by atoms with van der Waals surface area (Å²) in [6, 6.07) is 10.8. The van der Waals surface area contributed by atoms with Gasteiger partial charge in [0.25, 0.3) is 11.8 Å². The maximum Gasteiger partial charge on any atom is 0.276 e. The van der Waals surface area contributed by atoms with Gasteiger partial charge in [0.05, 0.1) is 5.02 Å². The molecule has 1 aliphatic heterocycles. The molecule has 0 aliphatic carbocycles. The topological polar surface area (TPSA) is 122 Å². The Balaban J connectivity index is 1.42. The van der Waals surface area contributed by atoms with E-state index in [0.717, 1.165) is 6.07 Å². The Morgan fingerprint density at radius 3 is 2.49 bits per heavy atom. The highest BCUT2D eigenvalue weighted by Crippen LogP contribution is 2.29. The number of ether oxygens (including phenoxy) is 1. The smallest absolute Gasteiger partial charge is 0.276 e. The number of carbonyl (C=O) groups is 2. The highest BCUT2D eigenvalue weighted by molar-refractivity contribution is 6.36. The SMILES string of the molecule is CC1CN(C(=O)c2ccc(NC(=O)c3cc(OCc4c(Cl)ccc(F)c4Cl)c(N)nn3)cc2)CC(C)N1. The number of nitrogens with zero attached hydrogens (tertiary/aromatic N) is 3. The third-order valence-electron chi connectivity index (χ3n) is 5.76. The Morgan fingerprint density at radius 1 is 1.14 bits per heavy atom. The first kappa shape index (κ1) is 26.6. The predicted octanol–water partition coefficient (Wildman–Crippen LogP) is 4.16. The third kappa shape index (κ3) is 6.27. The highest BCUT2D eigenvalue weighted by atomic mass is 35.5. The largest absolute Gasteiger partial charge is 0.485 e. The molecule has 2 unspecified atom stereocenters. The number of piperazine rings is 1. The van der Waals surface area contributed by atoms with E-state index in [1.165, 1.54) is 12.1 Å². The number of carbonyl (C=O) groups excluding carboxylic acids is 2. The molecule has 2 amide bonds. The zero-order valence-electron chi connectivity index (χ0n) is 20.1. The van der Waals surface area contributed by atoms with Crippen molar-refractivity contribution in [1.82, 2.24) is 20.4 Å². The van der Waals surface area contributed by atoms with Gasteiger partial charge in [0, 0.05) is 53.1 Å². The van der Waals surface area contributed by atoms with E-state index in [-0.39, 0.29) is 57.5 Å². The number of anilines is 2. The highest BCUT2D eigenvalue weighted by Gasteiger charge is 2.25. The standard InChI is InChI=1S/C25H25Cl2FN6O3/c1-13-10-34(11-14(2)30-13)25(36)15-3-5-16(6-4-15)31-24(35)20-9-21(23(29)33-32-20)37-12-17-18(26)7-8-19(28)22(17)27/h3-9,13-14,30H,10-12H2,1-2H3,(H2,29,33)(H,31,35). The summed E-state index contributed by atoms with van der Waals surface area (Å²) in [5.74, 6) is -1.29. The summed E-state index contributed by atoms with van der Waals surface area (Å²) < 4.78 is 19.4. The fraction of sp³-hybridized carbons (Fsp3) is 0.280. The Hall–Kier alpha value is -3.47. The van der Waals surface area contributed by atoms with Gasteiger partial charge in [0.1, 0.15) is 12.4 Å². The average Bonchev–Trinajstić information content (AvgIpc) is 2.86. The molecular weight excluding hydrogens is 522 g/mol. The second-order valence-corrected chi connectivity index (χ2v) is 9.59. The van der Waals surface area contributed by atoms with Crippen LogP contribution in [0.4, 0.5) is 15.9 Å². The van der Waals surface area contributed by atoms with Crippen LogP contribution in [0, 0.1) is 5.82 Å². The molecule has 1 aromatic heterocycles. The molecule has 1 saturated heterocycles. The summed E-state index contributed by atoms with van der Waals surface area (Å²) in [6.45, 7) is 5.12. The van der Waals surface area contributed by atoms with Gasteiger partial charge in [0.2, 0.25) is 0 Å². The number of amides is 2. The summed E-state index contributed by atoms with van der Waals surface area (Å²) in [5.41, 5.74) is 6.97. The quantitative estimate of drug-likeness (QED) is 0.396. The number of nitrogens with two attached hydrogens (primary N) is 1. The molecule has 2 heterocycles. The van der Waals surface area contributed by atoms with E-state index in [1.807, 2.05) is 18.7 Å². The van der Waals surface area contributed by atoms with Gasteiger partial charge in [-0.2, -0.15) is 0 Å². The number of benzene rings is 2. The second kappa shape index (κ2) is 11.3. The van der Waals surface area contributed by atoms with E-state index in [4.69, 9.17) is 33.7 Å². The van der Waals surface area contributed by atoms with Crippen molar-refractivity contribution in [3.05, 3.63) is 75.1 Å². The minimum atomic E-state index is -0.643. The average molecular weight is 547 g/mol. The number of rotatable bonds is 6. The van der Waals surface area contributed by atoms with E-state index >= 15 is 0 Å². The molecule has 37 heavy (non-hydrogen) atoms. The molecule has 1 fully saturated rings. The Labute approximate surface area is 223 Å². The van der Waals surface area contributed by atoms with Gasteiger partial charge in [-0.15, -0.1) is 10.2 Å². The lowest BCUT2D eigenvalue weighted by molar-refractivity contribution is 0.0673. The monoisotopic (exact) mass is 546 g/mol. The van der Waals surface area contributed by atoms with Crippen LogP contribution in [0.25, 0.3) is 0 Å². The number of halogens is 3. The Morgan fingerprint density at radius 2 is 1.81 bits per heavy atom. The van der Waals surface area contributed by atoms with E-state index in [9.17, 15) is 14.0 Å². The fourth-order valence-corrected chi connectivity index (χ4v) is 4.51. The van der Waals surface area contributed by atoms with Crippen LogP contribution in [0.5, 0.6) is 5.75 Å². The third-order valence-corrected chi connectivity index (χ3v) is 6.53. The molecular formula is C25H25Cl2FN6O3. The van der Waals surface area contributed by atoms with E-state index in [2.05, 4.69) is 20.8 Å². The first-order valence-electron chi connectivity index (χ1n) is 11.5. The van der Waals surface area contributed by atoms with Crippen molar-refractivity contribution in [2.24, 2.45) is 0 Å². The van der Waals surface area contributed by atoms with Gasteiger partial charge < -0.3 is 26.0 Å². The van der Waals surface area contributed by atoms with Crippen LogP contribution < -0.4 is 21.1 Å². The van der Waals surface area contributed by atoms with Crippen molar-refractivity contribution in [2.45, 2.75) is 32.5 Å². The molecule has 9 nitrogen and oxygen atoms in total. The summed E-state index contributed by atoms with van der Waals surface area (Å²) in [7, 11) is 0. The molecule has 2 atom stereocenters. The molecule has 1 aliphatic rings. The van der Waals surface area contributed by atoms with E-state index in [1.54, 1.807) is 24.3 Å². The Bertz CT molecular complexity index is 1310. The Kier molecular flexibility index (Phi) is 8.11. The predicted molar refractivity (Wildman–Crippen MR) is 140 cm³/mol. The zero-order chi connectivity index (χ0) is 26.7. The van der Waals surface area contributed by atoms with Gasteiger partial charge in [-0.05, 0) is 50.2 Å². The van der Waals surface area contributed by atoms with Crippen molar-refractivity contribution in [1.29, 1.82) is 0 Å². The molecule has 2 aromatic carbocycles. The molecule has 3 aromatic rings. The molecule has 12 heteroatoms. The van der Waals surface area contributed by atoms with Gasteiger partial charge in [-0.1, -0.05) is 23.2 Å². The van der Waals surface area contributed by atoms with Crippen LogP contribution >= 0.6 is 23.2 Å². The first-order valence-corrected chi connectivity index (χ1v) is 12.2. The van der Waals surface area contributed by atoms with Crippen molar-refractivity contribution in [2.75, 3.05) is 24.1 Å². The minimum Gasteiger partial charge on any atom is -0.485 e. The molecule has 194 valence electrons. The molecule has 0 radical (unpaired) electrons. The zero-order valence-corrected chi connectivity index (χ0v) is 21.6. The summed E-state index contributed by atoms with van der Waals surface area (Å²) >= 11 is 12.1. The number of nitrogens with one attached hydrogen (secondary N) is 2. The van der Waals surface area contributed by atoms with Gasteiger partial charge in [0.15, 0.2) is 17.3 Å². The molecule has 0 spiro atoms. The van der Waals surface area contributed by atoms with Crippen molar-refractivity contribution in [3.63, 3.8) is 0 Å². The lowest BCUT2D eigenvalue weighted by Crippen LogP contribution is -2.55. The second-order valence-electron chi connectivity index (χ2n) is 8.80. The van der Waals surface area contributed by atoms with Crippen molar-refractivity contribution >= 4 is 46.5 Å². The van der Waals surface area contributed by atoms with Crippen LogP contribution in [-0.4, -0.2) is 52.1 Å². The lowest BCUT2D eigenvalue weighted by atomic mass is 10.1. The maximum atomic E-state index is 13.8. The van der Waals surface area contributed by atoms with E-state index in [0.29, 0.717) is 24.3 Å². The van der Waals surface area contributed by atoms with Crippen molar-refractivity contribution in [3.8, 4) is 5.75 Å². The molecule has 0 bridgehead atoms. The number of hydrogen-bond acceptors (Lipinski definition) is 7. The van der Waals surface area contributed by atoms with Crippen LogP contribution in [0.3, 0.4) is 0 Å². The van der Waals surface area contributed by atoms with Crippen LogP contribution in [0.2, 0.25) is 10.0 Å². The summed E-state index contributed by atoms with van der Waals surface area (Å²) in [5, 5.41) is 13.7. The minimum absolute atomic E-state index is 0.0527.